The Balaban J connectivity index is 1.29. The van der Waals surface area contributed by atoms with Crippen molar-refractivity contribution in [1.82, 2.24) is 9.97 Å². The minimum absolute atomic E-state index is 0.148. The third-order valence-corrected chi connectivity index (χ3v) is 7.25. The molecule has 0 radical (unpaired) electrons. The van der Waals surface area contributed by atoms with Gasteiger partial charge in [0.15, 0.2) is 17.8 Å². The van der Waals surface area contributed by atoms with E-state index in [1.807, 2.05) is 0 Å². The van der Waals surface area contributed by atoms with Crippen molar-refractivity contribution in [1.29, 1.82) is 0 Å². The molecule has 204 valence electrons. The molecule has 6 rings (SSSR count). The van der Waals surface area contributed by atoms with Crippen LogP contribution >= 0.6 is 0 Å². The Labute approximate surface area is 221 Å². The predicted octanol–water partition coefficient (Wildman–Crippen LogP) is 4.58. The highest BCUT2D eigenvalue weighted by atomic mass is 32.2. The lowest BCUT2D eigenvalue weighted by atomic mass is 10.0. The van der Waals surface area contributed by atoms with Gasteiger partial charge in [0.05, 0.1) is 35.5 Å². The van der Waals surface area contributed by atoms with Crippen LogP contribution in [0.4, 0.5) is 18.9 Å². The number of aliphatic hydroxyl groups excluding tert-OH is 1. The zero-order chi connectivity index (χ0) is 27.5. The number of rotatable bonds is 5. The molecular weight excluding hydrogens is 535 g/mol. The highest BCUT2D eigenvalue weighted by molar-refractivity contribution is 7.92. The number of benzene rings is 2. The van der Waals surface area contributed by atoms with Crippen molar-refractivity contribution in [3.63, 3.8) is 0 Å². The molecule has 0 unspecified atom stereocenters. The molecular formula is C27H24F3N3O5S. The monoisotopic (exact) mass is 559 g/mol. The molecule has 0 aliphatic carbocycles. The maximum absolute atomic E-state index is 15.2. The van der Waals surface area contributed by atoms with E-state index in [1.54, 1.807) is 24.3 Å². The lowest BCUT2D eigenvalue weighted by Gasteiger charge is -2.16. The van der Waals surface area contributed by atoms with Gasteiger partial charge in [0.1, 0.15) is 35.6 Å². The maximum atomic E-state index is 15.2. The Morgan fingerprint density at radius 1 is 0.974 bits per heavy atom. The van der Waals surface area contributed by atoms with Gasteiger partial charge in [0, 0.05) is 34.4 Å². The number of ether oxygens (including phenoxy) is 3. The summed E-state index contributed by atoms with van der Waals surface area (Å²) >= 11 is 0. The van der Waals surface area contributed by atoms with E-state index < -0.39 is 62.9 Å². The molecule has 2 aromatic heterocycles. The minimum Gasteiger partial charge on any atom is -0.470 e. The lowest BCUT2D eigenvalue weighted by molar-refractivity contribution is 0.00794. The van der Waals surface area contributed by atoms with Crippen LogP contribution in [0.25, 0.3) is 33.4 Å². The SMILES string of the molecule is CS(C)(=O)=Nc1ccc(-c2cc(F)c(-c3nc4cc(O[C@@H]5CO[C@H]6[C@@H]5OC[C@H]6O)[nH]c4cc3F)c(F)c2)cc1. The normalized spacial score (nSPS) is 22.8. The molecule has 2 saturated heterocycles. The molecule has 0 amide bonds. The van der Waals surface area contributed by atoms with E-state index in [0.29, 0.717) is 11.3 Å². The molecule has 2 fully saturated rings. The van der Waals surface area contributed by atoms with Gasteiger partial charge in [0.2, 0.25) is 0 Å². The Hall–Kier alpha value is -3.45. The minimum atomic E-state index is -2.35. The number of aromatic amines is 1. The molecule has 39 heavy (non-hydrogen) atoms. The summed E-state index contributed by atoms with van der Waals surface area (Å²) in [6.07, 6.45) is 0.863. The summed E-state index contributed by atoms with van der Waals surface area (Å²) in [5, 5.41) is 9.90. The number of aliphatic hydroxyl groups is 1. The summed E-state index contributed by atoms with van der Waals surface area (Å²) in [6.45, 7) is 0.350. The highest BCUT2D eigenvalue weighted by Crippen LogP contribution is 2.35. The summed E-state index contributed by atoms with van der Waals surface area (Å²) < 4.78 is 78.4. The number of hydrogen-bond acceptors (Lipinski definition) is 7. The van der Waals surface area contributed by atoms with Crippen LogP contribution in [0.3, 0.4) is 0 Å². The van der Waals surface area contributed by atoms with E-state index in [9.17, 15) is 9.32 Å². The number of fused-ring (bicyclic) bond motifs is 2. The third-order valence-electron chi connectivity index (χ3n) is 6.60. The first-order valence-electron chi connectivity index (χ1n) is 12.1. The fourth-order valence-electron chi connectivity index (χ4n) is 4.89. The molecule has 0 saturated carbocycles. The van der Waals surface area contributed by atoms with E-state index >= 15 is 13.2 Å². The van der Waals surface area contributed by atoms with Crippen molar-refractivity contribution in [3.05, 3.63) is 66.0 Å². The molecule has 2 aliphatic heterocycles. The number of nitrogens with zero attached hydrogens (tertiary/aromatic N) is 2. The zero-order valence-electron chi connectivity index (χ0n) is 20.9. The molecule has 2 N–H and O–H groups in total. The van der Waals surface area contributed by atoms with Crippen molar-refractivity contribution in [2.75, 3.05) is 25.7 Å². The Kier molecular flexibility index (Phi) is 6.37. The lowest BCUT2D eigenvalue weighted by Crippen LogP contribution is -2.34. The van der Waals surface area contributed by atoms with E-state index in [0.717, 1.165) is 18.2 Å². The van der Waals surface area contributed by atoms with E-state index in [4.69, 9.17) is 14.2 Å². The van der Waals surface area contributed by atoms with Crippen molar-refractivity contribution in [2.45, 2.75) is 24.4 Å². The summed E-state index contributed by atoms with van der Waals surface area (Å²) in [5.74, 6) is -2.62. The largest absolute Gasteiger partial charge is 0.470 e. The van der Waals surface area contributed by atoms with Crippen LogP contribution in [0.5, 0.6) is 5.88 Å². The van der Waals surface area contributed by atoms with Gasteiger partial charge in [-0.1, -0.05) is 12.1 Å². The Morgan fingerprint density at radius 2 is 1.67 bits per heavy atom. The van der Waals surface area contributed by atoms with Gasteiger partial charge in [-0.3, -0.25) is 0 Å². The molecule has 4 atom stereocenters. The molecule has 4 aromatic rings. The standard InChI is InChI=1S/C27H24F3N3O5S/c1-39(2,35)33-15-5-3-13(4-6-15)14-7-16(28)24(17(29)8-14)25-18(30)9-19-20(32-25)10-23(31-19)38-22-12-37-26-21(34)11-36-27(22)26/h3-10,21-22,26-27,31,34H,11-12H2,1-2H3/t21-,22-,26-,27-/m1/s1. The fraction of sp³-hybridized carbons (Fsp3) is 0.296. The van der Waals surface area contributed by atoms with E-state index in [1.165, 1.54) is 18.6 Å². The van der Waals surface area contributed by atoms with Crippen LogP contribution < -0.4 is 4.74 Å². The van der Waals surface area contributed by atoms with Gasteiger partial charge in [-0.05, 0) is 35.4 Å². The molecule has 8 nitrogen and oxygen atoms in total. The van der Waals surface area contributed by atoms with Crippen LogP contribution in [0.1, 0.15) is 0 Å². The zero-order valence-corrected chi connectivity index (χ0v) is 21.7. The number of pyridine rings is 1. The second-order valence-electron chi connectivity index (χ2n) is 9.84. The summed E-state index contributed by atoms with van der Waals surface area (Å²) in [6, 6.07) is 11.2. The summed E-state index contributed by atoms with van der Waals surface area (Å²) in [5.41, 5.74) is 0.681. The van der Waals surface area contributed by atoms with Crippen LogP contribution in [0.2, 0.25) is 0 Å². The number of H-pyrrole nitrogens is 1. The van der Waals surface area contributed by atoms with Crippen LogP contribution in [0, 0.1) is 17.5 Å². The molecule has 0 spiro atoms. The van der Waals surface area contributed by atoms with Crippen molar-refractivity contribution in [3.8, 4) is 28.3 Å². The molecule has 2 aliphatic rings. The first-order valence-corrected chi connectivity index (χ1v) is 14.4. The van der Waals surface area contributed by atoms with Gasteiger partial charge < -0.3 is 24.3 Å². The van der Waals surface area contributed by atoms with Crippen LogP contribution in [0.15, 0.2) is 52.9 Å². The Bertz CT molecular complexity index is 1670. The summed E-state index contributed by atoms with van der Waals surface area (Å²) in [7, 11) is -2.35. The average molecular weight is 560 g/mol. The second kappa shape index (κ2) is 9.63. The van der Waals surface area contributed by atoms with Crippen LogP contribution in [-0.2, 0) is 19.2 Å². The first kappa shape index (κ1) is 25.8. The number of hydrogen-bond donors (Lipinski definition) is 2. The fourth-order valence-corrected chi connectivity index (χ4v) is 5.52. The number of nitrogens with one attached hydrogen (secondary N) is 1. The maximum Gasteiger partial charge on any atom is 0.193 e. The smallest absolute Gasteiger partial charge is 0.193 e. The van der Waals surface area contributed by atoms with Crippen molar-refractivity contribution in [2.24, 2.45) is 4.36 Å². The molecule has 2 aromatic carbocycles. The third kappa shape index (κ3) is 5.00. The van der Waals surface area contributed by atoms with Gasteiger partial charge in [0.25, 0.3) is 0 Å². The predicted molar refractivity (Wildman–Crippen MR) is 139 cm³/mol. The van der Waals surface area contributed by atoms with Gasteiger partial charge in [-0.15, -0.1) is 0 Å². The highest BCUT2D eigenvalue weighted by Gasteiger charge is 2.48. The van der Waals surface area contributed by atoms with Crippen molar-refractivity contribution >= 4 is 26.4 Å². The number of halogens is 3. The topological polar surface area (TPSA) is 106 Å². The van der Waals surface area contributed by atoms with E-state index in [-0.39, 0.29) is 35.7 Å². The Morgan fingerprint density at radius 3 is 2.36 bits per heavy atom. The van der Waals surface area contributed by atoms with Gasteiger partial charge >= 0.3 is 0 Å². The quantitative estimate of drug-likeness (QED) is 0.371. The van der Waals surface area contributed by atoms with Crippen LogP contribution in [-0.4, -0.2) is 69.4 Å². The first-order chi connectivity index (χ1) is 18.6. The van der Waals surface area contributed by atoms with Crippen molar-refractivity contribution < 1.29 is 36.7 Å². The van der Waals surface area contributed by atoms with Gasteiger partial charge in [-0.25, -0.2) is 22.4 Å². The molecule has 0 bridgehead atoms. The second-order valence-corrected chi connectivity index (χ2v) is 12.4. The molecule has 4 heterocycles. The number of aromatic nitrogens is 2. The van der Waals surface area contributed by atoms with Gasteiger partial charge in [-0.2, -0.15) is 4.36 Å². The average Bonchev–Trinajstić information content (AvgIpc) is 3.55. The summed E-state index contributed by atoms with van der Waals surface area (Å²) in [4.78, 5) is 7.08. The molecule has 12 heteroatoms. The van der Waals surface area contributed by atoms with E-state index in [2.05, 4.69) is 14.3 Å².